The van der Waals surface area contributed by atoms with E-state index in [1.165, 1.54) is 0 Å². The maximum Gasteiger partial charge on any atom is 0.251 e. The Morgan fingerprint density at radius 3 is 2.16 bits per heavy atom. The summed E-state index contributed by atoms with van der Waals surface area (Å²) in [6, 6.07) is 5.62. The highest BCUT2D eigenvalue weighted by Crippen LogP contribution is 2.33. The Balaban J connectivity index is 1.75. The van der Waals surface area contributed by atoms with E-state index >= 15 is 0 Å². The van der Waals surface area contributed by atoms with Crippen LogP contribution in [-0.2, 0) is 14.4 Å². The molecule has 2 aliphatic heterocycles. The SMILES string of the molecule is CCCC(CCC)C(=O)N1CC(=O)C2C1CCN2C(=O)[C@H](CC(C)C)NC(=O)c1ccc(N(C)C)cc1. The summed E-state index contributed by atoms with van der Waals surface area (Å²) in [5, 5.41) is 2.93. The van der Waals surface area contributed by atoms with Crippen LogP contribution >= 0.6 is 0 Å². The number of carbonyl (C=O) groups is 4. The summed E-state index contributed by atoms with van der Waals surface area (Å²) in [6.45, 7) is 8.65. The molecule has 8 nitrogen and oxygen atoms in total. The Bertz CT molecular complexity index is 969. The zero-order valence-corrected chi connectivity index (χ0v) is 23.3. The Morgan fingerprint density at radius 1 is 1.00 bits per heavy atom. The number of carbonyl (C=O) groups excluding carboxylic acids is 4. The number of nitrogens with one attached hydrogen (secondary N) is 1. The molecule has 0 saturated carbocycles. The lowest BCUT2D eigenvalue weighted by atomic mass is 9.96. The first-order valence-electron chi connectivity index (χ1n) is 13.8. The van der Waals surface area contributed by atoms with Crippen molar-refractivity contribution in [3.05, 3.63) is 29.8 Å². The van der Waals surface area contributed by atoms with Crippen molar-refractivity contribution in [3.8, 4) is 0 Å². The third-order valence-electron chi connectivity index (χ3n) is 7.57. The second-order valence-corrected chi connectivity index (χ2v) is 11.1. The van der Waals surface area contributed by atoms with Crippen molar-refractivity contribution in [2.75, 3.05) is 32.1 Å². The van der Waals surface area contributed by atoms with Crippen molar-refractivity contribution < 1.29 is 19.2 Å². The van der Waals surface area contributed by atoms with Crippen LogP contribution in [0.5, 0.6) is 0 Å². The molecule has 1 aromatic carbocycles. The smallest absolute Gasteiger partial charge is 0.251 e. The Hall–Kier alpha value is -2.90. The van der Waals surface area contributed by atoms with E-state index in [-0.39, 0.29) is 47.9 Å². The molecule has 2 saturated heterocycles. The molecule has 0 aliphatic carbocycles. The van der Waals surface area contributed by atoms with E-state index < -0.39 is 12.1 Å². The number of benzene rings is 1. The van der Waals surface area contributed by atoms with Gasteiger partial charge in [0.1, 0.15) is 12.1 Å². The first-order chi connectivity index (χ1) is 17.6. The lowest BCUT2D eigenvalue weighted by Gasteiger charge is -2.30. The maximum absolute atomic E-state index is 13.7. The highest BCUT2D eigenvalue weighted by molar-refractivity contribution is 6.01. The van der Waals surface area contributed by atoms with E-state index in [4.69, 9.17) is 0 Å². The van der Waals surface area contributed by atoms with Crippen LogP contribution in [0.25, 0.3) is 0 Å². The number of likely N-dealkylation sites (tertiary alicyclic amines) is 2. The zero-order chi connectivity index (χ0) is 27.3. The second-order valence-electron chi connectivity index (χ2n) is 11.1. The number of hydrogen-bond acceptors (Lipinski definition) is 5. The molecule has 8 heteroatoms. The lowest BCUT2D eigenvalue weighted by Crippen LogP contribution is -2.53. The summed E-state index contributed by atoms with van der Waals surface area (Å²) < 4.78 is 0. The molecule has 3 amide bonds. The standard InChI is InChI=1S/C29H44N4O4/c1-7-9-21(10-8-2)28(36)33-18-25(34)26-24(33)15-16-32(26)29(37)23(17-19(3)4)30-27(35)20-11-13-22(14-12-20)31(5)6/h11-14,19,21,23-24,26H,7-10,15-18H2,1-6H3,(H,30,35)/t23-,24?,26?/m0/s1. The number of anilines is 1. The summed E-state index contributed by atoms with van der Waals surface area (Å²) >= 11 is 0. The van der Waals surface area contributed by atoms with Gasteiger partial charge in [0.25, 0.3) is 5.91 Å². The van der Waals surface area contributed by atoms with Crippen LogP contribution in [0.3, 0.4) is 0 Å². The van der Waals surface area contributed by atoms with Gasteiger partial charge in [-0.25, -0.2) is 0 Å². The van der Waals surface area contributed by atoms with E-state index in [1.54, 1.807) is 21.9 Å². The Labute approximate surface area is 221 Å². The number of rotatable bonds is 11. The molecule has 2 aliphatic rings. The fourth-order valence-electron chi connectivity index (χ4n) is 5.73. The van der Waals surface area contributed by atoms with Gasteiger partial charge in [0.2, 0.25) is 11.8 Å². The van der Waals surface area contributed by atoms with E-state index in [1.807, 2.05) is 45.0 Å². The maximum atomic E-state index is 13.7. The van der Waals surface area contributed by atoms with Gasteiger partial charge in [0, 0.05) is 37.8 Å². The minimum absolute atomic E-state index is 0.0482. The van der Waals surface area contributed by atoms with Crippen LogP contribution in [0.1, 0.15) is 76.6 Å². The molecular formula is C29H44N4O4. The van der Waals surface area contributed by atoms with E-state index in [9.17, 15) is 19.2 Å². The van der Waals surface area contributed by atoms with Gasteiger partial charge in [-0.2, -0.15) is 0 Å². The van der Waals surface area contributed by atoms with Gasteiger partial charge in [0.15, 0.2) is 5.78 Å². The average Bonchev–Trinajstić information content (AvgIpc) is 3.43. The third kappa shape index (κ3) is 6.51. The summed E-state index contributed by atoms with van der Waals surface area (Å²) in [6.07, 6.45) is 4.54. The van der Waals surface area contributed by atoms with Gasteiger partial charge < -0.3 is 20.0 Å². The molecule has 3 atom stereocenters. The molecule has 0 spiro atoms. The molecule has 37 heavy (non-hydrogen) atoms. The number of amides is 3. The first kappa shape index (κ1) is 28.7. The van der Waals surface area contributed by atoms with Crippen molar-refractivity contribution in [1.29, 1.82) is 0 Å². The highest BCUT2D eigenvalue weighted by atomic mass is 16.2. The van der Waals surface area contributed by atoms with Crippen LogP contribution in [0.15, 0.2) is 24.3 Å². The quantitative estimate of drug-likeness (QED) is 0.490. The van der Waals surface area contributed by atoms with Gasteiger partial charge in [0.05, 0.1) is 12.6 Å². The van der Waals surface area contributed by atoms with Gasteiger partial charge in [-0.1, -0.05) is 40.5 Å². The summed E-state index contributed by atoms with van der Waals surface area (Å²) in [4.78, 5) is 58.6. The average molecular weight is 513 g/mol. The molecule has 204 valence electrons. The lowest BCUT2D eigenvalue weighted by molar-refractivity contribution is -0.138. The molecule has 0 radical (unpaired) electrons. The van der Waals surface area contributed by atoms with E-state index in [0.717, 1.165) is 31.4 Å². The normalized spacial score (nSPS) is 19.9. The Morgan fingerprint density at radius 2 is 1.62 bits per heavy atom. The van der Waals surface area contributed by atoms with E-state index in [0.29, 0.717) is 24.9 Å². The number of nitrogens with zero attached hydrogens (tertiary/aromatic N) is 3. The second kappa shape index (κ2) is 12.6. The molecule has 0 bridgehead atoms. The monoisotopic (exact) mass is 512 g/mol. The van der Waals surface area contributed by atoms with Crippen LogP contribution in [0.2, 0.25) is 0 Å². The van der Waals surface area contributed by atoms with Crippen LogP contribution in [0, 0.1) is 11.8 Å². The number of Topliss-reactive ketones (excluding diaryl/α,β-unsaturated/α-hetero) is 1. The summed E-state index contributed by atoms with van der Waals surface area (Å²) in [5.74, 6) is -0.475. The van der Waals surface area contributed by atoms with Gasteiger partial charge >= 0.3 is 0 Å². The number of fused-ring (bicyclic) bond motifs is 1. The highest BCUT2D eigenvalue weighted by Gasteiger charge is 2.52. The molecule has 2 unspecified atom stereocenters. The zero-order valence-electron chi connectivity index (χ0n) is 23.3. The van der Waals surface area contributed by atoms with Crippen molar-refractivity contribution in [3.63, 3.8) is 0 Å². The van der Waals surface area contributed by atoms with Gasteiger partial charge in [-0.05, 0) is 55.9 Å². The first-order valence-corrected chi connectivity index (χ1v) is 13.8. The van der Waals surface area contributed by atoms with E-state index in [2.05, 4.69) is 19.2 Å². The fraction of sp³-hybridized carbons (Fsp3) is 0.655. The molecule has 0 aromatic heterocycles. The minimum Gasteiger partial charge on any atom is -0.378 e. The van der Waals surface area contributed by atoms with Crippen molar-refractivity contribution in [2.45, 2.75) is 84.3 Å². The minimum atomic E-state index is -0.731. The van der Waals surface area contributed by atoms with Crippen LogP contribution < -0.4 is 10.2 Å². The predicted molar refractivity (Wildman–Crippen MR) is 145 cm³/mol. The molecule has 3 rings (SSSR count). The third-order valence-corrected chi connectivity index (χ3v) is 7.57. The number of hydrogen-bond donors (Lipinski definition) is 1. The molecule has 2 fully saturated rings. The van der Waals surface area contributed by atoms with Crippen molar-refractivity contribution in [2.24, 2.45) is 11.8 Å². The van der Waals surface area contributed by atoms with Crippen molar-refractivity contribution in [1.82, 2.24) is 15.1 Å². The molecule has 1 N–H and O–H groups in total. The molecular weight excluding hydrogens is 468 g/mol. The largest absolute Gasteiger partial charge is 0.378 e. The summed E-state index contributed by atoms with van der Waals surface area (Å²) in [7, 11) is 3.87. The van der Waals surface area contributed by atoms with Gasteiger partial charge in [-0.3, -0.25) is 19.2 Å². The van der Waals surface area contributed by atoms with Crippen molar-refractivity contribution >= 4 is 29.2 Å². The number of ketones is 1. The molecule has 2 heterocycles. The van der Waals surface area contributed by atoms with Crippen LogP contribution in [0.4, 0.5) is 5.69 Å². The Kier molecular flexibility index (Phi) is 9.74. The molecule has 1 aromatic rings. The van der Waals surface area contributed by atoms with Gasteiger partial charge in [-0.15, -0.1) is 0 Å². The van der Waals surface area contributed by atoms with Crippen LogP contribution in [-0.4, -0.2) is 78.6 Å². The topological polar surface area (TPSA) is 90.0 Å². The summed E-state index contributed by atoms with van der Waals surface area (Å²) in [5.41, 5.74) is 1.46. The predicted octanol–water partition coefficient (Wildman–Crippen LogP) is 3.49. The fourth-order valence-corrected chi connectivity index (χ4v) is 5.73.